The van der Waals surface area contributed by atoms with Crippen molar-refractivity contribution in [2.24, 2.45) is 5.92 Å². The first-order valence-electron chi connectivity index (χ1n) is 9.22. The third-order valence-corrected chi connectivity index (χ3v) is 7.16. The van der Waals surface area contributed by atoms with Crippen LogP contribution in [0.5, 0.6) is 0 Å². The molecule has 0 spiro atoms. The molecule has 31 heavy (non-hydrogen) atoms. The molecule has 1 N–H and O–H groups in total. The highest BCUT2D eigenvalue weighted by molar-refractivity contribution is 7.89. The van der Waals surface area contributed by atoms with Crippen LogP contribution in [0.3, 0.4) is 0 Å². The molecular formula is C19H18F3N3O5S. The van der Waals surface area contributed by atoms with Crippen molar-refractivity contribution in [3.05, 3.63) is 63.5 Å². The number of nitrogens with zero attached hydrogens (tertiary/aromatic N) is 2. The number of piperidine rings is 1. The second kappa shape index (κ2) is 8.63. The summed E-state index contributed by atoms with van der Waals surface area (Å²) in [6.07, 6.45) is 0.203. The van der Waals surface area contributed by atoms with Gasteiger partial charge in [0, 0.05) is 31.1 Å². The van der Waals surface area contributed by atoms with E-state index in [0.29, 0.717) is 11.6 Å². The number of carbonyl (C=O) groups is 1. The van der Waals surface area contributed by atoms with Gasteiger partial charge in [-0.05, 0) is 37.5 Å². The summed E-state index contributed by atoms with van der Waals surface area (Å²) >= 11 is 0. The second-order valence-corrected chi connectivity index (χ2v) is 9.00. The van der Waals surface area contributed by atoms with Gasteiger partial charge in [0.1, 0.15) is 0 Å². The van der Waals surface area contributed by atoms with Gasteiger partial charge >= 0.3 is 0 Å². The Bertz CT molecular complexity index is 1150. The molecule has 0 radical (unpaired) electrons. The first-order chi connectivity index (χ1) is 14.5. The lowest BCUT2D eigenvalue weighted by molar-refractivity contribution is -0.385. The van der Waals surface area contributed by atoms with E-state index < -0.39 is 49.9 Å². The molecule has 1 amide bonds. The van der Waals surface area contributed by atoms with E-state index >= 15 is 0 Å². The number of hydrogen-bond acceptors (Lipinski definition) is 5. The summed E-state index contributed by atoms with van der Waals surface area (Å²) in [5.74, 6) is -5.93. The molecule has 0 unspecified atom stereocenters. The van der Waals surface area contributed by atoms with Crippen LogP contribution in [0.25, 0.3) is 0 Å². The Morgan fingerprint density at radius 3 is 2.39 bits per heavy atom. The molecule has 12 heteroatoms. The fourth-order valence-electron chi connectivity index (χ4n) is 3.33. The van der Waals surface area contributed by atoms with Crippen molar-refractivity contribution in [2.75, 3.05) is 18.4 Å². The fourth-order valence-corrected chi connectivity index (χ4v) is 5.05. The van der Waals surface area contributed by atoms with Crippen LogP contribution in [0, 0.1) is 40.4 Å². The average molecular weight is 457 g/mol. The zero-order valence-electron chi connectivity index (χ0n) is 16.3. The Kier molecular flexibility index (Phi) is 6.32. The zero-order chi connectivity index (χ0) is 22.9. The predicted molar refractivity (Wildman–Crippen MR) is 104 cm³/mol. The molecule has 1 aliphatic heterocycles. The number of anilines is 1. The largest absolute Gasteiger partial charge is 0.323 e. The van der Waals surface area contributed by atoms with Crippen molar-refractivity contribution < 1.29 is 31.3 Å². The Morgan fingerprint density at radius 2 is 1.77 bits per heavy atom. The normalized spacial score (nSPS) is 15.6. The summed E-state index contributed by atoms with van der Waals surface area (Å²) in [5, 5.41) is 13.2. The highest BCUT2D eigenvalue weighted by Gasteiger charge is 2.34. The SMILES string of the molecule is Cc1ccc([N+](=O)[O-])cc1S(=O)(=O)N1CCC(C(=O)Nc2ccc(F)c(F)c2F)CC1. The van der Waals surface area contributed by atoms with E-state index in [2.05, 4.69) is 5.32 Å². The molecule has 0 aromatic heterocycles. The van der Waals surface area contributed by atoms with E-state index in [-0.39, 0.29) is 36.5 Å². The number of nitrogens with one attached hydrogen (secondary N) is 1. The second-order valence-electron chi connectivity index (χ2n) is 7.10. The number of nitro groups is 1. The van der Waals surface area contributed by atoms with Crippen molar-refractivity contribution in [3.8, 4) is 0 Å². The molecule has 1 saturated heterocycles. The molecule has 0 saturated carbocycles. The van der Waals surface area contributed by atoms with Crippen LogP contribution in [0.15, 0.2) is 35.2 Å². The summed E-state index contributed by atoms with van der Waals surface area (Å²) < 4.78 is 67.1. The number of halogens is 3. The van der Waals surface area contributed by atoms with Crippen molar-refractivity contribution in [3.63, 3.8) is 0 Å². The van der Waals surface area contributed by atoms with Crippen LogP contribution in [0.4, 0.5) is 24.5 Å². The van der Waals surface area contributed by atoms with Gasteiger partial charge in [0.25, 0.3) is 5.69 Å². The third-order valence-electron chi connectivity index (χ3n) is 5.12. The standard InChI is InChI=1S/C19H18F3N3O5S/c1-11-2-3-13(25(27)28)10-16(11)31(29,30)24-8-6-12(7-9-24)19(26)23-15-5-4-14(20)17(21)18(15)22/h2-5,10,12H,6-9H2,1H3,(H,23,26). The molecule has 166 valence electrons. The number of benzene rings is 2. The number of amides is 1. The number of rotatable bonds is 5. The minimum atomic E-state index is -4.03. The van der Waals surface area contributed by atoms with E-state index in [1.54, 1.807) is 0 Å². The van der Waals surface area contributed by atoms with E-state index in [1.165, 1.54) is 19.1 Å². The molecular weight excluding hydrogens is 439 g/mol. The Labute approximate surface area is 175 Å². The molecule has 1 heterocycles. The summed E-state index contributed by atoms with van der Waals surface area (Å²) in [6.45, 7) is 1.44. The van der Waals surface area contributed by atoms with Crippen LogP contribution in [-0.2, 0) is 14.8 Å². The Balaban J connectivity index is 1.70. The summed E-state index contributed by atoms with van der Waals surface area (Å²) in [4.78, 5) is 22.5. The van der Waals surface area contributed by atoms with Crippen LogP contribution < -0.4 is 5.32 Å². The zero-order valence-corrected chi connectivity index (χ0v) is 17.1. The summed E-state index contributed by atoms with van der Waals surface area (Å²) in [6, 6.07) is 5.14. The Morgan fingerprint density at radius 1 is 1.13 bits per heavy atom. The molecule has 3 rings (SSSR count). The molecule has 2 aromatic carbocycles. The van der Waals surface area contributed by atoms with Gasteiger partial charge in [0.15, 0.2) is 17.5 Å². The number of sulfonamides is 1. The van der Waals surface area contributed by atoms with E-state index in [9.17, 15) is 36.5 Å². The van der Waals surface area contributed by atoms with Gasteiger partial charge in [0.05, 0.1) is 15.5 Å². The monoisotopic (exact) mass is 457 g/mol. The van der Waals surface area contributed by atoms with Gasteiger partial charge in [-0.1, -0.05) is 6.07 Å². The molecule has 0 bridgehead atoms. The fraction of sp³-hybridized carbons (Fsp3) is 0.316. The van der Waals surface area contributed by atoms with Crippen molar-refractivity contribution >= 4 is 27.3 Å². The maximum absolute atomic E-state index is 13.8. The van der Waals surface area contributed by atoms with Crippen LogP contribution in [0.1, 0.15) is 18.4 Å². The number of nitro benzene ring substituents is 1. The number of aryl methyl sites for hydroxylation is 1. The van der Waals surface area contributed by atoms with Crippen LogP contribution in [0.2, 0.25) is 0 Å². The first kappa shape index (κ1) is 22.7. The first-order valence-corrected chi connectivity index (χ1v) is 10.7. The average Bonchev–Trinajstić information content (AvgIpc) is 2.74. The quantitative estimate of drug-likeness (QED) is 0.421. The van der Waals surface area contributed by atoms with E-state index in [1.807, 2.05) is 0 Å². The van der Waals surface area contributed by atoms with Gasteiger partial charge in [-0.15, -0.1) is 0 Å². The highest BCUT2D eigenvalue weighted by Crippen LogP contribution is 2.29. The van der Waals surface area contributed by atoms with Gasteiger partial charge in [-0.2, -0.15) is 4.31 Å². The molecule has 1 aliphatic rings. The number of non-ortho nitro benzene ring substituents is 1. The third kappa shape index (κ3) is 4.54. The van der Waals surface area contributed by atoms with Crippen molar-refractivity contribution in [1.82, 2.24) is 4.31 Å². The lowest BCUT2D eigenvalue weighted by Gasteiger charge is -2.30. The minimum Gasteiger partial charge on any atom is -0.323 e. The predicted octanol–water partition coefficient (Wildman–Crippen LogP) is 3.36. The molecule has 0 atom stereocenters. The molecule has 1 fully saturated rings. The summed E-state index contributed by atoms with van der Waals surface area (Å²) in [7, 11) is -4.03. The van der Waals surface area contributed by atoms with E-state index in [4.69, 9.17) is 0 Å². The highest BCUT2D eigenvalue weighted by atomic mass is 32.2. The smallest absolute Gasteiger partial charge is 0.270 e. The lowest BCUT2D eigenvalue weighted by atomic mass is 9.97. The molecule has 0 aliphatic carbocycles. The van der Waals surface area contributed by atoms with Crippen LogP contribution >= 0.6 is 0 Å². The minimum absolute atomic E-state index is 0.0389. The van der Waals surface area contributed by atoms with Crippen molar-refractivity contribution in [1.29, 1.82) is 0 Å². The van der Waals surface area contributed by atoms with Crippen molar-refractivity contribution in [2.45, 2.75) is 24.7 Å². The van der Waals surface area contributed by atoms with Gasteiger partial charge < -0.3 is 5.32 Å². The van der Waals surface area contributed by atoms with E-state index in [0.717, 1.165) is 16.4 Å². The molecule has 8 nitrogen and oxygen atoms in total. The van der Waals surface area contributed by atoms with Gasteiger partial charge in [-0.25, -0.2) is 21.6 Å². The number of hydrogen-bond donors (Lipinski definition) is 1. The van der Waals surface area contributed by atoms with Crippen LogP contribution in [-0.4, -0.2) is 36.6 Å². The maximum atomic E-state index is 13.8. The maximum Gasteiger partial charge on any atom is 0.270 e. The van der Waals surface area contributed by atoms with Gasteiger partial charge in [0.2, 0.25) is 15.9 Å². The number of carbonyl (C=O) groups excluding carboxylic acids is 1. The molecule has 2 aromatic rings. The Hall–Kier alpha value is -2.99. The lowest BCUT2D eigenvalue weighted by Crippen LogP contribution is -2.41. The van der Waals surface area contributed by atoms with Gasteiger partial charge in [-0.3, -0.25) is 14.9 Å². The summed E-state index contributed by atoms with van der Waals surface area (Å²) in [5.41, 5.74) is -0.516. The topological polar surface area (TPSA) is 110 Å².